The second kappa shape index (κ2) is 3.20. The standard InChI is InChI=1S/C10H12N2OS/c1-11-8-5-4-7(14-3)6-9(8)12(2)10(11)13/h4-6H,1-3H3. The Morgan fingerprint density at radius 3 is 2.43 bits per heavy atom. The van der Waals surface area contributed by atoms with Crippen molar-refractivity contribution in [1.29, 1.82) is 0 Å². The fourth-order valence-electron chi connectivity index (χ4n) is 1.61. The van der Waals surface area contributed by atoms with Crippen LogP contribution in [0.25, 0.3) is 11.0 Å². The Balaban J connectivity index is 2.89. The van der Waals surface area contributed by atoms with E-state index in [1.54, 1.807) is 35.0 Å². The van der Waals surface area contributed by atoms with E-state index in [0.29, 0.717) is 0 Å². The lowest BCUT2D eigenvalue weighted by molar-refractivity contribution is 0.795. The molecule has 0 aliphatic carbocycles. The van der Waals surface area contributed by atoms with Crippen LogP contribution in [-0.4, -0.2) is 15.4 Å². The van der Waals surface area contributed by atoms with Crippen LogP contribution >= 0.6 is 11.8 Å². The second-order valence-electron chi connectivity index (χ2n) is 3.26. The van der Waals surface area contributed by atoms with Gasteiger partial charge in [-0.2, -0.15) is 0 Å². The highest BCUT2D eigenvalue weighted by molar-refractivity contribution is 7.98. The second-order valence-corrected chi connectivity index (χ2v) is 4.13. The van der Waals surface area contributed by atoms with Crippen LogP contribution in [0.2, 0.25) is 0 Å². The van der Waals surface area contributed by atoms with E-state index in [-0.39, 0.29) is 5.69 Å². The number of benzene rings is 1. The maximum atomic E-state index is 11.6. The lowest BCUT2D eigenvalue weighted by Crippen LogP contribution is -2.19. The monoisotopic (exact) mass is 208 g/mol. The third-order valence-electron chi connectivity index (χ3n) is 2.48. The van der Waals surface area contributed by atoms with Gasteiger partial charge in [0.25, 0.3) is 0 Å². The van der Waals surface area contributed by atoms with E-state index >= 15 is 0 Å². The molecule has 74 valence electrons. The summed E-state index contributed by atoms with van der Waals surface area (Å²) in [5, 5.41) is 0. The Bertz CT molecular complexity index is 539. The summed E-state index contributed by atoms with van der Waals surface area (Å²) >= 11 is 1.68. The summed E-state index contributed by atoms with van der Waals surface area (Å²) in [6, 6.07) is 6.07. The van der Waals surface area contributed by atoms with Gasteiger partial charge < -0.3 is 0 Å². The SMILES string of the molecule is CSc1ccc2c(c1)n(C)c(=O)n2C. The van der Waals surface area contributed by atoms with E-state index in [1.165, 1.54) is 4.90 Å². The fraction of sp³-hybridized carbons (Fsp3) is 0.300. The van der Waals surface area contributed by atoms with Crippen molar-refractivity contribution in [2.24, 2.45) is 14.1 Å². The predicted molar refractivity (Wildman–Crippen MR) is 59.9 cm³/mol. The normalized spacial score (nSPS) is 11.1. The minimum absolute atomic E-state index is 0.0262. The Morgan fingerprint density at radius 2 is 1.79 bits per heavy atom. The summed E-state index contributed by atoms with van der Waals surface area (Å²) in [6.07, 6.45) is 2.03. The average molecular weight is 208 g/mol. The van der Waals surface area contributed by atoms with Gasteiger partial charge in [-0.25, -0.2) is 4.79 Å². The van der Waals surface area contributed by atoms with Gasteiger partial charge in [0.05, 0.1) is 11.0 Å². The van der Waals surface area contributed by atoms with Gasteiger partial charge in [-0.05, 0) is 24.5 Å². The summed E-state index contributed by atoms with van der Waals surface area (Å²) in [5.74, 6) is 0. The van der Waals surface area contributed by atoms with Crippen LogP contribution in [0.4, 0.5) is 0 Å². The van der Waals surface area contributed by atoms with E-state index in [1.807, 2.05) is 24.5 Å². The molecule has 4 heteroatoms. The molecule has 14 heavy (non-hydrogen) atoms. The zero-order valence-corrected chi connectivity index (χ0v) is 9.26. The number of nitrogens with zero attached hydrogens (tertiary/aromatic N) is 2. The molecule has 0 saturated heterocycles. The van der Waals surface area contributed by atoms with Crippen molar-refractivity contribution in [2.75, 3.05) is 6.26 Å². The first-order valence-electron chi connectivity index (χ1n) is 4.34. The Labute approximate surface area is 86.3 Å². The third kappa shape index (κ3) is 1.18. The van der Waals surface area contributed by atoms with Crippen molar-refractivity contribution in [1.82, 2.24) is 9.13 Å². The lowest BCUT2D eigenvalue weighted by Gasteiger charge is -1.97. The zero-order chi connectivity index (χ0) is 10.3. The number of fused-ring (bicyclic) bond motifs is 1. The first-order chi connectivity index (χ1) is 6.65. The number of hydrogen-bond acceptors (Lipinski definition) is 2. The van der Waals surface area contributed by atoms with E-state index in [9.17, 15) is 4.79 Å². The number of rotatable bonds is 1. The Morgan fingerprint density at radius 1 is 1.14 bits per heavy atom. The summed E-state index contributed by atoms with van der Waals surface area (Å²) in [6.45, 7) is 0. The molecule has 1 aromatic carbocycles. The molecule has 0 aliphatic rings. The van der Waals surface area contributed by atoms with Crippen LogP contribution in [0.3, 0.4) is 0 Å². The molecule has 0 N–H and O–H groups in total. The van der Waals surface area contributed by atoms with Gasteiger partial charge in [0.1, 0.15) is 0 Å². The topological polar surface area (TPSA) is 26.9 Å². The predicted octanol–water partition coefficient (Wildman–Crippen LogP) is 1.60. The molecule has 0 atom stereocenters. The molecule has 2 rings (SSSR count). The Kier molecular flexibility index (Phi) is 2.15. The molecule has 3 nitrogen and oxygen atoms in total. The van der Waals surface area contributed by atoms with E-state index in [4.69, 9.17) is 0 Å². The van der Waals surface area contributed by atoms with Gasteiger partial charge in [-0.3, -0.25) is 9.13 Å². The van der Waals surface area contributed by atoms with Crippen molar-refractivity contribution in [3.63, 3.8) is 0 Å². The average Bonchev–Trinajstić information content (AvgIpc) is 2.44. The van der Waals surface area contributed by atoms with E-state index in [0.717, 1.165) is 11.0 Å². The van der Waals surface area contributed by atoms with Crippen LogP contribution in [0.1, 0.15) is 0 Å². The third-order valence-corrected chi connectivity index (χ3v) is 3.20. The number of hydrogen-bond donors (Lipinski definition) is 0. The van der Waals surface area contributed by atoms with Crippen LogP contribution < -0.4 is 5.69 Å². The molecule has 0 unspecified atom stereocenters. The zero-order valence-electron chi connectivity index (χ0n) is 8.44. The van der Waals surface area contributed by atoms with Crippen molar-refractivity contribution < 1.29 is 0 Å². The Hall–Kier alpha value is -1.16. The maximum Gasteiger partial charge on any atom is 0.328 e. The molecule has 1 aromatic heterocycles. The minimum atomic E-state index is 0.0262. The molecular formula is C10H12N2OS. The largest absolute Gasteiger partial charge is 0.328 e. The summed E-state index contributed by atoms with van der Waals surface area (Å²) < 4.78 is 3.34. The number of imidazole rings is 1. The smallest absolute Gasteiger partial charge is 0.295 e. The summed E-state index contributed by atoms with van der Waals surface area (Å²) in [4.78, 5) is 12.8. The van der Waals surface area contributed by atoms with Gasteiger partial charge in [0, 0.05) is 19.0 Å². The molecule has 2 aromatic rings. The first kappa shape index (κ1) is 9.40. The number of thioether (sulfide) groups is 1. The maximum absolute atomic E-state index is 11.6. The first-order valence-corrected chi connectivity index (χ1v) is 5.57. The van der Waals surface area contributed by atoms with Crippen molar-refractivity contribution in [3.8, 4) is 0 Å². The highest BCUT2D eigenvalue weighted by atomic mass is 32.2. The number of aromatic nitrogens is 2. The highest BCUT2D eigenvalue weighted by Gasteiger charge is 2.07. The molecule has 0 bridgehead atoms. The molecular weight excluding hydrogens is 196 g/mol. The van der Waals surface area contributed by atoms with Gasteiger partial charge in [-0.1, -0.05) is 0 Å². The summed E-state index contributed by atoms with van der Waals surface area (Å²) in [5.41, 5.74) is 2.00. The highest BCUT2D eigenvalue weighted by Crippen LogP contribution is 2.20. The van der Waals surface area contributed by atoms with Crippen LogP contribution in [0.5, 0.6) is 0 Å². The van der Waals surface area contributed by atoms with Crippen LogP contribution in [-0.2, 0) is 14.1 Å². The van der Waals surface area contributed by atoms with Crippen LogP contribution in [0.15, 0.2) is 27.9 Å². The van der Waals surface area contributed by atoms with E-state index < -0.39 is 0 Å². The minimum Gasteiger partial charge on any atom is -0.295 e. The molecule has 0 amide bonds. The van der Waals surface area contributed by atoms with Gasteiger partial charge in [0.15, 0.2) is 0 Å². The van der Waals surface area contributed by atoms with Gasteiger partial charge >= 0.3 is 5.69 Å². The molecule has 1 heterocycles. The van der Waals surface area contributed by atoms with Crippen molar-refractivity contribution in [3.05, 3.63) is 28.7 Å². The van der Waals surface area contributed by atoms with Gasteiger partial charge in [-0.15, -0.1) is 11.8 Å². The van der Waals surface area contributed by atoms with Crippen molar-refractivity contribution in [2.45, 2.75) is 4.90 Å². The summed E-state index contributed by atoms with van der Waals surface area (Å²) in [7, 11) is 3.60. The molecule has 0 spiro atoms. The molecule has 0 aliphatic heterocycles. The molecule has 0 radical (unpaired) electrons. The molecule has 0 saturated carbocycles. The van der Waals surface area contributed by atoms with E-state index in [2.05, 4.69) is 0 Å². The van der Waals surface area contributed by atoms with Crippen molar-refractivity contribution >= 4 is 22.8 Å². The van der Waals surface area contributed by atoms with Gasteiger partial charge in [0.2, 0.25) is 0 Å². The lowest BCUT2D eigenvalue weighted by atomic mass is 10.3. The number of aryl methyl sites for hydroxylation is 2. The van der Waals surface area contributed by atoms with Crippen LogP contribution in [0, 0.1) is 0 Å². The quantitative estimate of drug-likeness (QED) is 0.666. The fourth-order valence-corrected chi connectivity index (χ4v) is 2.05. The molecule has 0 fully saturated rings.